The molecule has 0 unspecified atom stereocenters. The van der Waals surface area contributed by atoms with Crippen LogP contribution in [-0.2, 0) is 10.0 Å². The van der Waals surface area contributed by atoms with Crippen molar-refractivity contribution in [2.75, 3.05) is 12.3 Å². The van der Waals surface area contributed by atoms with Crippen LogP contribution in [0, 0.1) is 5.41 Å². The number of nitrogen functional groups attached to an aromatic ring is 1. The number of rotatable bonds is 4. The average molecular weight is 286 g/mol. The lowest BCUT2D eigenvalue weighted by Gasteiger charge is -2.19. The van der Waals surface area contributed by atoms with Crippen LogP contribution < -0.4 is 10.5 Å². The number of hydrogen-bond donors (Lipinski definition) is 3. The summed E-state index contributed by atoms with van der Waals surface area (Å²) in [4.78, 5) is 10.8. The lowest BCUT2D eigenvalue weighted by atomic mass is 9.98. The summed E-state index contributed by atoms with van der Waals surface area (Å²) in [6.07, 6.45) is 0. The van der Waals surface area contributed by atoms with Crippen molar-refractivity contribution in [1.82, 2.24) is 4.72 Å². The molecule has 1 aromatic carbocycles. The Kier molecular flexibility index (Phi) is 4.21. The van der Waals surface area contributed by atoms with Crippen molar-refractivity contribution in [3.05, 3.63) is 23.8 Å². The molecule has 0 radical (unpaired) electrons. The van der Waals surface area contributed by atoms with Crippen LogP contribution >= 0.6 is 0 Å². The molecular weight excluding hydrogens is 268 g/mol. The first-order valence-corrected chi connectivity index (χ1v) is 7.14. The second-order valence-electron chi connectivity index (χ2n) is 5.45. The fourth-order valence-corrected chi connectivity index (χ4v) is 2.80. The van der Waals surface area contributed by atoms with E-state index in [4.69, 9.17) is 10.8 Å². The predicted octanol–water partition coefficient (Wildman–Crippen LogP) is 1.29. The summed E-state index contributed by atoms with van der Waals surface area (Å²) in [5, 5.41) is 9.03. The Morgan fingerprint density at radius 2 is 1.95 bits per heavy atom. The van der Waals surface area contributed by atoms with Gasteiger partial charge in [-0.05, 0) is 23.6 Å². The normalized spacial score (nSPS) is 12.4. The Bertz CT molecular complexity index is 588. The minimum atomic E-state index is -3.87. The number of sulfonamides is 1. The molecule has 1 aromatic rings. The highest BCUT2D eigenvalue weighted by atomic mass is 32.2. The molecule has 0 aliphatic heterocycles. The van der Waals surface area contributed by atoms with E-state index in [1.54, 1.807) is 0 Å². The van der Waals surface area contributed by atoms with Crippen LogP contribution in [0.5, 0.6) is 0 Å². The van der Waals surface area contributed by atoms with Crippen molar-refractivity contribution in [3.63, 3.8) is 0 Å². The predicted molar refractivity (Wildman–Crippen MR) is 72.5 cm³/mol. The highest BCUT2D eigenvalue weighted by Crippen LogP contribution is 2.20. The topological polar surface area (TPSA) is 109 Å². The van der Waals surface area contributed by atoms with Crippen LogP contribution in [0.25, 0.3) is 0 Å². The number of benzene rings is 1. The van der Waals surface area contributed by atoms with Gasteiger partial charge < -0.3 is 10.8 Å². The van der Waals surface area contributed by atoms with E-state index >= 15 is 0 Å². The molecule has 0 saturated heterocycles. The Hall–Kier alpha value is -1.60. The molecule has 0 aliphatic rings. The first-order chi connectivity index (χ1) is 8.53. The molecule has 6 nitrogen and oxygen atoms in total. The molecule has 0 atom stereocenters. The van der Waals surface area contributed by atoms with Crippen molar-refractivity contribution in [2.24, 2.45) is 5.41 Å². The molecule has 7 heteroatoms. The fourth-order valence-electron chi connectivity index (χ4n) is 1.34. The van der Waals surface area contributed by atoms with Crippen LogP contribution in [0.3, 0.4) is 0 Å². The summed E-state index contributed by atoms with van der Waals surface area (Å²) >= 11 is 0. The van der Waals surface area contributed by atoms with Crippen LogP contribution in [-0.4, -0.2) is 26.0 Å². The third-order valence-electron chi connectivity index (χ3n) is 2.32. The molecule has 4 N–H and O–H groups in total. The number of anilines is 1. The summed E-state index contributed by atoms with van der Waals surface area (Å²) in [6, 6.07) is 3.69. The van der Waals surface area contributed by atoms with E-state index in [0.29, 0.717) is 0 Å². The SMILES string of the molecule is CC(C)(C)CNS(=O)(=O)c1ccc(N)cc1C(=O)O. The van der Waals surface area contributed by atoms with Gasteiger partial charge in [0.1, 0.15) is 0 Å². The molecule has 0 saturated carbocycles. The highest BCUT2D eigenvalue weighted by Gasteiger charge is 2.24. The van der Waals surface area contributed by atoms with Gasteiger partial charge >= 0.3 is 5.97 Å². The van der Waals surface area contributed by atoms with Gasteiger partial charge in [0.2, 0.25) is 10.0 Å². The maximum atomic E-state index is 12.1. The number of carboxylic acid groups (broad SMARTS) is 1. The number of carboxylic acids is 1. The summed E-state index contributed by atoms with van der Waals surface area (Å²) in [5.41, 5.74) is 5.10. The number of aromatic carboxylic acids is 1. The molecule has 0 bridgehead atoms. The van der Waals surface area contributed by atoms with E-state index in [1.165, 1.54) is 12.1 Å². The van der Waals surface area contributed by atoms with Gasteiger partial charge in [-0.15, -0.1) is 0 Å². The van der Waals surface area contributed by atoms with Crippen molar-refractivity contribution < 1.29 is 18.3 Å². The standard InChI is InChI=1S/C12H18N2O4S/c1-12(2,3)7-14-19(17,18)10-5-4-8(13)6-9(10)11(15)16/h4-6,14H,7,13H2,1-3H3,(H,15,16). The van der Waals surface area contributed by atoms with E-state index in [0.717, 1.165) is 6.07 Å². The number of nitrogens with two attached hydrogens (primary N) is 1. The van der Waals surface area contributed by atoms with E-state index in [-0.39, 0.29) is 28.1 Å². The van der Waals surface area contributed by atoms with E-state index < -0.39 is 16.0 Å². The fraction of sp³-hybridized carbons (Fsp3) is 0.417. The first kappa shape index (κ1) is 15.5. The Morgan fingerprint density at radius 3 is 2.42 bits per heavy atom. The maximum absolute atomic E-state index is 12.1. The molecule has 0 amide bonds. The Balaban J connectivity index is 3.18. The highest BCUT2D eigenvalue weighted by molar-refractivity contribution is 7.89. The van der Waals surface area contributed by atoms with E-state index in [2.05, 4.69) is 4.72 Å². The number of carbonyl (C=O) groups is 1. The molecule has 0 aliphatic carbocycles. The third-order valence-corrected chi connectivity index (χ3v) is 3.78. The summed E-state index contributed by atoms with van der Waals surface area (Å²) in [5.74, 6) is -1.33. The van der Waals surface area contributed by atoms with Crippen LogP contribution in [0.2, 0.25) is 0 Å². The lowest BCUT2D eigenvalue weighted by molar-refractivity contribution is 0.0692. The molecule has 0 aromatic heterocycles. The van der Waals surface area contributed by atoms with Crippen molar-refractivity contribution in [1.29, 1.82) is 0 Å². The molecular formula is C12H18N2O4S. The van der Waals surface area contributed by atoms with Gasteiger partial charge in [-0.2, -0.15) is 0 Å². The van der Waals surface area contributed by atoms with Gasteiger partial charge in [-0.1, -0.05) is 20.8 Å². The van der Waals surface area contributed by atoms with Gasteiger partial charge in [0.25, 0.3) is 0 Å². The Labute approximate surface area is 112 Å². The molecule has 19 heavy (non-hydrogen) atoms. The lowest BCUT2D eigenvalue weighted by Crippen LogP contribution is -2.33. The largest absolute Gasteiger partial charge is 0.478 e. The van der Waals surface area contributed by atoms with Gasteiger partial charge in [0.05, 0.1) is 10.5 Å². The smallest absolute Gasteiger partial charge is 0.337 e. The zero-order chi connectivity index (χ0) is 14.8. The zero-order valence-corrected chi connectivity index (χ0v) is 11.9. The zero-order valence-electron chi connectivity index (χ0n) is 11.1. The van der Waals surface area contributed by atoms with Crippen molar-refractivity contribution >= 4 is 21.7 Å². The van der Waals surface area contributed by atoms with Gasteiger partial charge in [0.15, 0.2) is 0 Å². The summed E-state index contributed by atoms with van der Waals surface area (Å²) in [6.45, 7) is 5.82. The second-order valence-corrected chi connectivity index (χ2v) is 7.18. The molecule has 106 valence electrons. The van der Waals surface area contributed by atoms with Crippen molar-refractivity contribution in [3.8, 4) is 0 Å². The van der Waals surface area contributed by atoms with Gasteiger partial charge in [0, 0.05) is 12.2 Å². The van der Waals surface area contributed by atoms with E-state index in [1.807, 2.05) is 20.8 Å². The Morgan fingerprint density at radius 1 is 1.37 bits per heavy atom. The first-order valence-electron chi connectivity index (χ1n) is 5.65. The molecule has 0 spiro atoms. The van der Waals surface area contributed by atoms with Gasteiger partial charge in [-0.25, -0.2) is 17.9 Å². The van der Waals surface area contributed by atoms with Crippen molar-refractivity contribution in [2.45, 2.75) is 25.7 Å². The van der Waals surface area contributed by atoms with Crippen LogP contribution in [0.15, 0.2) is 23.1 Å². The van der Waals surface area contributed by atoms with Crippen LogP contribution in [0.4, 0.5) is 5.69 Å². The maximum Gasteiger partial charge on any atom is 0.337 e. The average Bonchev–Trinajstić information content (AvgIpc) is 2.25. The summed E-state index contributed by atoms with van der Waals surface area (Å²) < 4.78 is 26.6. The minimum Gasteiger partial charge on any atom is -0.478 e. The molecule has 0 heterocycles. The van der Waals surface area contributed by atoms with Gasteiger partial charge in [-0.3, -0.25) is 0 Å². The quantitative estimate of drug-likeness (QED) is 0.722. The molecule has 1 rings (SSSR count). The number of hydrogen-bond acceptors (Lipinski definition) is 4. The monoisotopic (exact) mass is 286 g/mol. The molecule has 0 fully saturated rings. The van der Waals surface area contributed by atoms with Crippen LogP contribution in [0.1, 0.15) is 31.1 Å². The summed E-state index contributed by atoms with van der Waals surface area (Å²) in [7, 11) is -3.87. The minimum absolute atomic E-state index is 0.201. The van der Waals surface area contributed by atoms with E-state index in [9.17, 15) is 13.2 Å². The third kappa shape index (κ3) is 4.22. The number of nitrogens with one attached hydrogen (secondary N) is 1. The second kappa shape index (κ2) is 5.18.